The fourth-order valence-electron chi connectivity index (χ4n) is 9.25. The van der Waals surface area contributed by atoms with Crippen LogP contribution in [0.15, 0.2) is 0 Å². The Hall–Kier alpha value is -0.0400. The molecule has 0 saturated heterocycles. The van der Waals surface area contributed by atoms with Crippen LogP contribution in [0.5, 0.6) is 0 Å². The topological polar surface area (TPSA) is 26.0 Å². The van der Waals surface area contributed by atoms with E-state index in [4.69, 9.17) is 5.73 Å². The van der Waals surface area contributed by atoms with Crippen molar-refractivity contribution < 1.29 is 0 Å². The molecule has 0 aliphatic heterocycles. The minimum Gasteiger partial charge on any atom is -0.330 e. The lowest BCUT2D eigenvalue weighted by atomic mass is 9.43. The first-order valence-electron chi connectivity index (χ1n) is 11.6. The van der Waals surface area contributed by atoms with E-state index < -0.39 is 0 Å². The molecule has 4 aliphatic carbocycles. The third-order valence-corrected chi connectivity index (χ3v) is 10.3. The van der Waals surface area contributed by atoms with Crippen molar-refractivity contribution in [1.29, 1.82) is 0 Å². The van der Waals surface area contributed by atoms with Crippen LogP contribution in [0.2, 0.25) is 0 Å². The van der Waals surface area contributed by atoms with Crippen LogP contribution in [0.3, 0.4) is 0 Å². The summed E-state index contributed by atoms with van der Waals surface area (Å²) in [6, 6.07) is 0. The Bertz CT molecular complexity index is 486. The lowest BCUT2D eigenvalue weighted by molar-refractivity contribution is -0.134. The minimum atomic E-state index is 0.618. The van der Waals surface area contributed by atoms with Gasteiger partial charge in [0, 0.05) is 0 Å². The fraction of sp³-hybridized carbons (Fsp3) is 1.00. The van der Waals surface area contributed by atoms with Crippen molar-refractivity contribution in [3.8, 4) is 0 Å². The molecule has 2 N–H and O–H groups in total. The van der Waals surface area contributed by atoms with E-state index in [9.17, 15) is 0 Å². The Kier molecular flexibility index (Phi) is 4.79. The van der Waals surface area contributed by atoms with Crippen LogP contribution in [-0.4, -0.2) is 6.54 Å². The quantitative estimate of drug-likeness (QED) is 0.641. The summed E-state index contributed by atoms with van der Waals surface area (Å²) < 4.78 is 0. The Morgan fingerprint density at radius 2 is 1.68 bits per heavy atom. The Balaban J connectivity index is 1.60. The van der Waals surface area contributed by atoms with Crippen LogP contribution in [0.25, 0.3) is 0 Å². The van der Waals surface area contributed by atoms with E-state index in [-0.39, 0.29) is 0 Å². The zero-order chi connectivity index (χ0) is 17.8. The summed E-state index contributed by atoms with van der Waals surface area (Å²) in [4.78, 5) is 0. The Morgan fingerprint density at radius 1 is 0.920 bits per heavy atom. The Labute approximate surface area is 156 Å². The lowest BCUT2D eigenvalue weighted by Gasteiger charge is -2.62. The van der Waals surface area contributed by atoms with Gasteiger partial charge < -0.3 is 5.73 Å². The second-order valence-corrected chi connectivity index (χ2v) is 11.2. The summed E-state index contributed by atoms with van der Waals surface area (Å²) in [5.74, 6) is 6.84. The molecular weight excluding hydrogens is 302 g/mol. The maximum Gasteiger partial charge on any atom is -0.00746 e. The summed E-state index contributed by atoms with van der Waals surface area (Å²) in [5.41, 5.74) is 7.21. The molecular formula is C24H43N. The molecule has 25 heavy (non-hydrogen) atoms. The van der Waals surface area contributed by atoms with Crippen molar-refractivity contribution in [2.45, 2.75) is 91.9 Å². The van der Waals surface area contributed by atoms with Gasteiger partial charge in [-0.25, -0.2) is 0 Å². The average Bonchev–Trinajstić information content (AvgIpc) is 2.92. The molecule has 0 aromatic carbocycles. The zero-order valence-corrected chi connectivity index (χ0v) is 17.4. The lowest BCUT2D eigenvalue weighted by Crippen LogP contribution is -2.55. The molecule has 4 saturated carbocycles. The molecule has 9 atom stereocenters. The molecule has 4 fully saturated rings. The van der Waals surface area contributed by atoms with E-state index in [0.29, 0.717) is 10.8 Å². The highest BCUT2D eigenvalue weighted by molar-refractivity contribution is 5.10. The molecule has 1 nitrogen and oxygen atoms in total. The van der Waals surface area contributed by atoms with Gasteiger partial charge in [-0.2, -0.15) is 0 Å². The molecule has 4 aliphatic rings. The third-order valence-electron chi connectivity index (χ3n) is 10.3. The van der Waals surface area contributed by atoms with Crippen LogP contribution < -0.4 is 5.73 Å². The first-order chi connectivity index (χ1) is 11.9. The minimum absolute atomic E-state index is 0.618. The standard InChI is InChI=1S/C24H43N/c1-16(11-14-25)20-8-9-21-18-15-17(2)19-7-5-6-12-23(19,3)22(18)10-13-24(20,21)4/h16-22H,5-15,25H2,1-4H3/t16-,17+,18?,19?,20?,21?,22+,23?,24?/m1/s1. The molecule has 0 spiro atoms. The SMILES string of the molecule is C[C@H](CCN)C1CCC2C3C[C@H](C)C4CCCCC4(C)[C@H]3CCC21C. The van der Waals surface area contributed by atoms with Crippen LogP contribution in [-0.2, 0) is 0 Å². The number of rotatable bonds is 3. The molecule has 0 heterocycles. The first-order valence-corrected chi connectivity index (χ1v) is 11.6. The molecule has 0 radical (unpaired) electrons. The van der Waals surface area contributed by atoms with Gasteiger partial charge in [0.25, 0.3) is 0 Å². The van der Waals surface area contributed by atoms with Crippen molar-refractivity contribution in [3.05, 3.63) is 0 Å². The smallest absolute Gasteiger partial charge is 0.00746 e. The van der Waals surface area contributed by atoms with E-state index in [1.54, 1.807) is 6.42 Å². The van der Waals surface area contributed by atoms with E-state index in [1.807, 2.05) is 0 Å². The van der Waals surface area contributed by atoms with Crippen LogP contribution in [0.1, 0.15) is 91.9 Å². The summed E-state index contributed by atoms with van der Waals surface area (Å²) in [6.07, 6.45) is 14.9. The van der Waals surface area contributed by atoms with Gasteiger partial charge in [0.15, 0.2) is 0 Å². The second kappa shape index (κ2) is 6.54. The molecule has 6 unspecified atom stereocenters. The Morgan fingerprint density at radius 3 is 2.44 bits per heavy atom. The van der Waals surface area contributed by atoms with Crippen molar-refractivity contribution in [3.63, 3.8) is 0 Å². The van der Waals surface area contributed by atoms with E-state index in [2.05, 4.69) is 27.7 Å². The van der Waals surface area contributed by atoms with Gasteiger partial charge in [0.1, 0.15) is 0 Å². The van der Waals surface area contributed by atoms with E-state index in [0.717, 1.165) is 48.0 Å². The average molecular weight is 346 g/mol. The highest BCUT2D eigenvalue weighted by atomic mass is 14.7. The van der Waals surface area contributed by atoms with E-state index >= 15 is 0 Å². The number of fused-ring (bicyclic) bond motifs is 5. The van der Waals surface area contributed by atoms with Gasteiger partial charge in [-0.1, -0.05) is 40.5 Å². The molecule has 144 valence electrons. The summed E-state index contributed by atoms with van der Waals surface area (Å²) in [6.45, 7) is 11.4. The normalized spacial score (nSPS) is 53.6. The number of hydrogen-bond donors (Lipinski definition) is 1. The van der Waals surface area contributed by atoms with Gasteiger partial charge in [-0.3, -0.25) is 0 Å². The van der Waals surface area contributed by atoms with Gasteiger partial charge >= 0.3 is 0 Å². The van der Waals surface area contributed by atoms with Crippen LogP contribution in [0, 0.1) is 52.3 Å². The monoisotopic (exact) mass is 345 g/mol. The van der Waals surface area contributed by atoms with E-state index in [1.165, 1.54) is 57.8 Å². The van der Waals surface area contributed by atoms with Gasteiger partial charge in [-0.05, 0) is 110 Å². The second-order valence-electron chi connectivity index (χ2n) is 11.2. The highest BCUT2D eigenvalue weighted by Crippen LogP contribution is 2.69. The molecule has 0 amide bonds. The predicted molar refractivity (Wildman–Crippen MR) is 107 cm³/mol. The van der Waals surface area contributed by atoms with Crippen LogP contribution in [0.4, 0.5) is 0 Å². The molecule has 0 aromatic heterocycles. The predicted octanol–water partition coefficient (Wildman–Crippen LogP) is 6.27. The fourth-order valence-corrected chi connectivity index (χ4v) is 9.25. The molecule has 0 aromatic rings. The molecule has 0 bridgehead atoms. The number of nitrogens with two attached hydrogens (primary N) is 1. The zero-order valence-electron chi connectivity index (χ0n) is 17.4. The van der Waals surface area contributed by atoms with Gasteiger partial charge in [-0.15, -0.1) is 0 Å². The maximum atomic E-state index is 5.92. The third kappa shape index (κ3) is 2.66. The van der Waals surface area contributed by atoms with Gasteiger partial charge in [0.2, 0.25) is 0 Å². The highest BCUT2D eigenvalue weighted by Gasteiger charge is 2.61. The van der Waals surface area contributed by atoms with Gasteiger partial charge in [0.05, 0.1) is 0 Å². The largest absolute Gasteiger partial charge is 0.330 e. The first kappa shape index (κ1) is 18.3. The van der Waals surface area contributed by atoms with Crippen LogP contribution >= 0.6 is 0 Å². The van der Waals surface area contributed by atoms with Crippen molar-refractivity contribution in [2.75, 3.05) is 6.54 Å². The summed E-state index contributed by atoms with van der Waals surface area (Å²) in [5, 5.41) is 0. The summed E-state index contributed by atoms with van der Waals surface area (Å²) in [7, 11) is 0. The van der Waals surface area contributed by atoms with Crippen molar-refractivity contribution >= 4 is 0 Å². The van der Waals surface area contributed by atoms with Crippen molar-refractivity contribution in [1.82, 2.24) is 0 Å². The van der Waals surface area contributed by atoms with Crippen molar-refractivity contribution in [2.24, 2.45) is 58.0 Å². The molecule has 1 heteroatoms. The summed E-state index contributed by atoms with van der Waals surface area (Å²) >= 11 is 0. The number of hydrogen-bond acceptors (Lipinski definition) is 1. The maximum absolute atomic E-state index is 5.92. The molecule has 4 rings (SSSR count).